The van der Waals surface area contributed by atoms with Gasteiger partial charge in [0.15, 0.2) is 0 Å². The Kier molecular flexibility index (Phi) is 4.72. The van der Waals surface area contributed by atoms with E-state index in [1.807, 2.05) is 0 Å². The molecule has 0 aliphatic rings. The SMILES string of the molecule is F/N=c1\cc[c-]n[nH]1.[Y]. The topological polar surface area (TPSA) is 41.0 Å². The van der Waals surface area contributed by atoms with Crippen molar-refractivity contribution in [3.8, 4) is 0 Å². The van der Waals surface area contributed by atoms with Crippen molar-refractivity contribution >= 4 is 0 Å². The summed E-state index contributed by atoms with van der Waals surface area (Å²) in [6.45, 7) is 0. The maximum Gasteiger partial charge on any atom is 0.0961 e. The van der Waals surface area contributed by atoms with Crippen LogP contribution in [-0.4, -0.2) is 10.2 Å². The molecule has 1 heterocycles. The summed E-state index contributed by atoms with van der Waals surface area (Å²) in [7, 11) is 0. The molecule has 45 valence electrons. The molecule has 0 aromatic carbocycles. The molecule has 0 aliphatic heterocycles. The first-order valence-electron chi connectivity index (χ1n) is 2.00. The smallest absolute Gasteiger partial charge is 0.0961 e. The number of nitrogens with one attached hydrogen (secondary N) is 1. The maximum atomic E-state index is 11.3. The molecule has 0 atom stereocenters. The molecule has 0 saturated heterocycles. The van der Waals surface area contributed by atoms with Crippen LogP contribution in [0.2, 0.25) is 0 Å². The van der Waals surface area contributed by atoms with E-state index < -0.39 is 0 Å². The first-order valence-corrected chi connectivity index (χ1v) is 2.00. The number of hydrogen-bond donors (Lipinski definition) is 1. The van der Waals surface area contributed by atoms with Gasteiger partial charge in [0, 0.05) is 32.7 Å². The van der Waals surface area contributed by atoms with Crippen LogP contribution in [0.15, 0.2) is 17.3 Å². The third-order valence-corrected chi connectivity index (χ3v) is 0.642. The first-order chi connectivity index (χ1) is 3.93. The van der Waals surface area contributed by atoms with Gasteiger partial charge in [0.25, 0.3) is 0 Å². The molecular weight excluding hydrogens is 198 g/mol. The molecule has 0 unspecified atom stereocenters. The number of H-pyrrole nitrogens is 1. The molecule has 0 spiro atoms. The van der Waals surface area contributed by atoms with Crippen LogP contribution in [-0.2, 0) is 32.7 Å². The summed E-state index contributed by atoms with van der Waals surface area (Å²) in [4.78, 5) is 0. The van der Waals surface area contributed by atoms with Gasteiger partial charge in [0.05, 0.1) is 5.49 Å². The molecule has 1 radical (unpaired) electrons. The number of rotatable bonds is 0. The van der Waals surface area contributed by atoms with E-state index in [9.17, 15) is 4.48 Å². The number of aromatic nitrogens is 2. The number of hydrogen-bond acceptors (Lipinski definition) is 2. The van der Waals surface area contributed by atoms with E-state index in [0.29, 0.717) is 0 Å². The largest absolute Gasteiger partial charge is 0.294 e. The summed E-state index contributed by atoms with van der Waals surface area (Å²) in [5.74, 6) is 0. The van der Waals surface area contributed by atoms with Crippen LogP contribution in [0.1, 0.15) is 0 Å². The third-order valence-electron chi connectivity index (χ3n) is 0.642. The fraction of sp³-hybridized carbons (Fsp3) is 0. The molecule has 0 bridgehead atoms. The van der Waals surface area contributed by atoms with E-state index in [0.717, 1.165) is 0 Å². The van der Waals surface area contributed by atoms with Crippen LogP contribution in [0.5, 0.6) is 0 Å². The van der Waals surface area contributed by atoms with Gasteiger partial charge in [-0.05, 0) is 0 Å². The van der Waals surface area contributed by atoms with Crippen LogP contribution in [0.3, 0.4) is 0 Å². The van der Waals surface area contributed by atoms with Gasteiger partial charge in [-0.3, -0.25) is 10.2 Å². The van der Waals surface area contributed by atoms with E-state index in [-0.39, 0.29) is 38.2 Å². The van der Waals surface area contributed by atoms with Gasteiger partial charge in [-0.15, -0.1) is 6.20 Å². The molecular formula is C4H3FN3Y-. The average Bonchev–Trinajstić information content (AvgIpc) is 1.90. The van der Waals surface area contributed by atoms with Crippen molar-refractivity contribution in [1.82, 2.24) is 10.2 Å². The van der Waals surface area contributed by atoms with Gasteiger partial charge < -0.3 is 0 Å². The molecule has 0 amide bonds. The van der Waals surface area contributed by atoms with E-state index in [1.165, 1.54) is 12.1 Å². The Morgan fingerprint density at radius 2 is 2.56 bits per heavy atom. The zero-order chi connectivity index (χ0) is 5.82. The van der Waals surface area contributed by atoms with Gasteiger partial charge in [-0.2, -0.15) is 6.07 Å². The van der Waals surface area contributed by atoms with Gasteiger partial charge in [0.2, 0.25) is 0 Å². The number of aromatic amines is 1. The second-order valence-electron chi connectivity index (χ2n) is 1.16. The fourth-order valence-corrected chi connectivity index (χ4v) is 0.327. The average molecular weight is 201 g/mol. The fourth-order valence-electron chi connectivity index (χ4n) is 0.327. The van der Waals surface area contributed by atoms with Gasteiger partial charge in [0.1, 0.15) is 0 Å². The standard InChI is InChI=1S/C4H3FN3.Y/c5-7-4-2-1-3-6-8-4;/h1-2H,(H,7,8);/q-1;. The molecule has 1 aromatic rings. The minimum absolute atomic E-state index is 0. The minimum atomic E-state index is 0. The van der Waals surface area contributed by atoms with E-state index in [2.05, 4.69) is 21.6 Å². The summed E-state index contributed by atoms with van der Waals surface area (Å²) in [5.41, 5.74) is 0.101. The first kappa shape index (κ1) is 8.91. The predicted molar refractivity (Wildman–Crippen MR) is 24.1 cm³/mol. The summed E-state index contributed by atoms with van der Waals surface area (Å²) < 4.78 is 11.3. The van der Waals surface area contributed by atoms with Crippen molar-refractivity contribution in [2.24, 2.45) is 5.21 Å². The summed E-state index contributed by atoms with van der Waals surface area (Å²) in [5, 5.41) is 7.98. The number of halogens is 1. The molecule has 0 aliphatic carbocycles. The van der Waals surface area contributed by atoms with Crippen molar-refractivity contribution in [3.63, 3.8) is 0 Å². The normalized spacial score (nSPS) is 10.6. The summed E-state index contributed by atoms with van der Waals surface area (Å²) >= 11 is 0. The Morgan fingerprint density at radius 1 is 1.78 bits per heavy atom. The molecule has 1 aromatic heterocycles. The Bertz CT molecular complexity index is 204. The molecule has 1 N–H and O–H groups in total. The van der Waals surface area contributed by atoms with Crippen molar-refractivity contribution in [2.45, 2.75) is 0 Å². The molecule has 3 nitrogen and oxygen atoms in total. The molecule has 1 rings (SSSR count). The molecule has 5 heteroatoms. The van der Waals surface area contributed by atoms with Crippen molar-refractivity contribution in [2.75, 3.05) is 0 Å². The quantitative estimate of drug-likeness (QED) is 0.589. The monoisotopic (exact) mass is 201 g/mol. The minimum Gasteiger partial charge on any atom is -0.294 e. The van der Waals surface area contributed by atoms with Crippen LogP contribution in [0.4, 0.5) is 4.48 Å². The van der Waals surface area contributed by atoms with Gasteiger partial charge >= 0.3 is 0 Å². The predicted octanol–water partition coefficient (Wildman–Crippen LogP) is -0.00741. The van der Waals surface area contributed by atoms with Gasteiger partial charge in [-0.25, -0.2) is 6.07 Å². The maximum absolute atomic E-state index is 11.3. The third kappa shape index (κ3) is 2.82. The Morgan fingerprint density at radius 3 is 2.89 bits per heavy atom. The van der Waals surface area contributed by atoms with Crippen LogP contribution in [0, 0.1) is 6.20 Å². The van der Waals surface area contributed by atoms with Crippen molar-refractivity contribution in [1.29, 1.82) is 0 Å². The second-order valence-corrected chi connectivity index (χ2v) is 1.16. The summed E-state index contributed by atoms with van der Waals surface area (Å²) in [6, 6.07) is 2.89. The second kappa shape index (κ2) is 4.76. The van der Waals surface area contributed by atoms with Crippen LogP contribution in [0.25, 0.3) is 0 Å². The van der Waals surface area contributed by atoms with Crippen molar-refractivity contribution < 1.29 is 37.2 Å². The zero-order valence-corrected chi connectivity index (χ0v) is 7.34. The molecule has 9 heavy (non-hydrogen) atoms. The number of nitrogens with zero attached hydrogens (tertiary/aromatic N) is 2. The van der Waals surface area contributed by atoms with Crippen LogP contribution >= 0.6 is 0 Å². The van der Waals surface area contributed by atoms with E-state index >= 15 is 0 Å². The van der Waals surface area contributed by atoms with Crippen molar-refractivity contribution in [3.05, 3.63) is 23.8 Å². The Labute approximate surface area is 76.2 Å². The Hall–Kier alpha value is -0.0861. The molecule has 0 saturated carbocycles. The van der Waals surface area contributed by atoms with Crippen LogP contribution < -0.4 is 5.49 Å². The summed E-state index contributed by atoms with van der Waals surface area (Å²) in [6.07, 6.45) is 2.43. The van der Waals surface area contributed by atoms with Gasteiger partial charge in [-0.1, -0.05) is 9.70 Å². The Balaban J connectivity index is 0.000000640. The zero-order valence-electron chi connectivity index (χ0n) is 4.50. The molecule has 0 fully saturated rings. The van der Waals surface area contributed by atoms with E-state index in [1.54, 1.807) is 0 Å². The van der Waals surface area contributed by atoms with E-state index in [4.69, 9.17) is 0 Å².